The smallest absolute Gasteiger partial charge is 0.214 e. The molecule has 2 aromatic carbocycles. The van der Waals surface area contributed by atoms with Crippen LogP contribution in [0.25, 0.3) is 0 Å². The molecule has 0 fully saturated rings. The fourth-order valence-electron chi connectivity index (χ4n) is 3.46. The summed E-state index contributed by atoms with van der Waals surface area (Å²) in [5.41, 5.74) is 0. The van der Waals surface area contributed by atoms with Gasteiger partial charge in [0, 0.05) is 16.1 Å². The summed E-state index contributed by atoms with van der Waals surface area (Å²) in [5.74, 6) is 0. The Balaban J connectivity index is 0.000000483. The zero-order valence-electron chi connectivity index (χ0n) is 19.9. The van der Waals surface area contributed by atoms with Crippen molar-refractivity contribution in [2.75, 3.05) is 0 Å². The second-order valence-electron chi connectivity index (χ2n) is 11.7. The van der Waals surface area contributed by atoms with Crippen LogP contribution >= 0.6 is 0 Å². The van der Waals surface area contributed by atoms with E-state index < -0.39 is 32.3 Å². The van der Waals surface area contributed by atoms with Gasteiger partial charge in [0.05, 0.1) is 16.1 Å². The molecule has 0 aliphatic carbocycles. The normalized spacial score (nSPS) is 12.9. The molecule has 0 heterocycles. The molecular formula is C22H42Si4V. The van der Waals surface area contributed by atoms with Gasteiger partial charge in [-0.2, -0.15) is 32.9 Å². The van der Waals surface area contributed by atoms with Gasteiger partial charge in [-0.25, -0.2) is 24.3 Å². The van der Waals surface area contributed by atoms with Crippen molar-refractivity contribution < 1.29 is 18.6 Å². The van der Waals surface area contributed by atoms with Gasteiger partial charge in [0.15, 0.2) is 0 Å². The Labute approximate surface area is 185 Å². The molecule has 1 radical (unpaired) electrons. The fraction of sp³-hybridized carbons (Fsp3) is 0.545. The first-order valence-corrected chi connectivity index (χ1v) is 24.0. The molecule has 5 heteroatoms. The predicted octanol–water partition coefficient (Wildman–Crippen LogP) is 4.99. The van der Waals surface area contributed by atoms with Crippen LogP contribution in [-0.4, -0.2) is 32.3 Å². The Morgan fingerprint density at radius 3 is 0.926 bits per heavy atom. The summed E-state index contributed by atoms with van der Waals surface area (Å²) in [6.07, 6.45) is 0. The Morgan fingerprint density at radius 1 is 0.519 bits per heavy atom. The molecule has 0 atom stereocenters. The van der Waals surface area contributed by atoms with Crippen LogP contribution in [-0.2, 0) is 18.6 Å². The Bertz CT molecular complexity index is 579. The Kier molecular flexibility index (Phi) is 9.36. The monoisotopic (exact) mass is 469 g/mol. The molecule has 0 unspecified atom stereocenters. The summed E-state index contributed by atoms with van der Waals surface area (Å²) in [7, 11) is -4.40. The standard InChI is InChI=1S/2C11H21Si2.V/c2*1-12(2,3)10-8-7-9-11(10)13(4,5)6;/h2*7-9H,1-6H3;/q2*-1;+2. The zero-order valence-corrected chi connectivity index (χ0v) is 25.3. The average molecular weight is 470 g/mol. The zero-order chi connectivity index (χ0) is 20.6. The average Bonchev–Trinajstić information content (AvgIpc) is 3.06. The summed E-state index contributed by atoms with van der Waals surface area (Å²) in [5, 5.41) is 6.75. The van der Waals surface area contributed by atoms with E-state index in [1.54, 1.807) is 20.7 Å². The molecule has 0 saturated carbocycles. The van der Waals surface area contributed by atoms with Crippen LogP contribution in [0, 0.1) is 0 Å². The third kappa shape index (κ3) is 7.83. The maximum Gasteiger partial charge on any atom is 2.00 e. The summed E-state index contributed by atoms with van der Waals surface area (Å²) in [6, 6.07) is 13.9. The molecule has 2 aromatic rings. The Morgan fingerprint density at radius 2 is 0.778 bits per heavy atom. The molecule has 151 valence electrons. The quantitative estimate of drug-likeness (QED) is 0.437. The second kappa shape index (κ2) is 9.31. The van der Waals surface area contributed by atoms with Crippen LogP contribution in [0.5, 0.6) is 0 Å². The van der Waals surface area contributed by atoms with Crippen molar-refractivity contribution >= 4 is 53.0 Å². The van der Waals surface area contributed by atoms with Crippen molar-refractivity contribution in [1.29, 1.82) is 0 Å². The van der Waals surface area contributed by atoms with Crippen molar-refractivity contribution in [3.05, 3.63) is 36.4 Å². The predicted molar refractivity (Wildman–Crippen MR) is 136 cm³/mol. The maximum absolute atomic E-state index is 2.44. The second-order valence-corrected chi connectivity index (χ2v) is 31.9. The minimum absolute atomic E-state index is 0. The molecular weight excluding hydrogens is 428 g/mol. The van der Waals surface area contributed by atoms with Gasteiger partial charge in [-0.05, 0) is 0 Å². The van der Waals surface area contributed by atoms with Crippen molar-refractivity contribution in [2.45, 2.75) is 78.6 Å². The van der Waals surface area contributed by atoms with Gasteiger partial charge in [0.2, 0.25) is 0 Å². The first kappa shape index (κ1) is 27.2. The molecule has 0 spiro atoms. The van der Waals surface area contributed by atoms with Gasteiger partial charge in [0.25, 0.3) is 0 Å². The molecule has 0 saturated heterocycles. The van der Waals surface area contributed by atoms with Crippen molar-refractivity contribution in [1.82, 2.24) is 0 Å². The van der Waals surface area contributed by atoms with Crippen LogP contribution in [0.15, 0.2) is 36.4 Å². The molecule has 2 rings (SSSR count). The molecule has 27 heavy (non-hydrogen) atoms. The van der Waals surface area contributed by atoms with Crippen LogP contribution < -0.4 is 20.7 Å². The largest absolute Gasteiger partial charge is 2.00 e. The van der Waals surface area contributed by atoms with Gasteiger partial charge in [-0.15, -0.1) is 0 Å². The Hall–Kier alpha value is 0.152. The van der Waals surface area contributed by atoms with Crippen molar-refractivity contribution in [2.24, 2.45) is 0 Å². The summed E-state index contributed by atoms with van der Waals surface area (Å²) in [6.45, 7) is 29.2. The van der Waals surface area contributed by atoms with Crippen LogP contribution in [0.2, 0.25) is 78.6 Å². The summed E-state index contributed by atoms with van der Waals surface area (Å²) in [4.78, 5) is 0. The van der Waals surface area contributed by atoms with E-state index in [0.29, 0.717) is 0 Å². The van der Waals surface area contributed by atoms with Gasteiger partial charge in [-0.1, -0.05) is 78.6 Å². The van der Waals surface area contributed by atoms with Crippen LogP contribution in [0.4, 0.5) is 0 Å². The molecule has 0 aliphatic heterocycles. The molecule has 0 N–H and O–H groups in total. The number of hydrogen-bond donors (Lipinski definition) is 0. The van der Waals surface area contributed by atoms with E-state index in [-0.39, 0.29) is 18.6 Å². The molecule has 0 amide bonds. The van der Waals surface area contributed by atoms with Gasteiger partial charge < -0.3 is 0 Å². The molecule has 0 aliphatic rings. The van der Waals surface area contributed by atoms with Crippen LogP contribution in [0.3, 0.4) is 0 Å². The maximum atomic E-state index is 2.44. The van der Waals surface area contributed by atoms with Gasteiger partial charge >= 0.3 is 18.6 Å². The van der Waals surface area contributed by atoms with E-state index in [0.717, 1.165) is 0 Å². The topological polar surface area (TPSA) is 0 Å². The van der Waals surface area contributed by atoms with E-state index >= 15 is 0 Å². The third-order valence-corrected chi connectivity index (χ3v) is 13.6. The third-order valence-electron chi connectivity index (χ3n) is 4.86. The molecule has 0 aromatic heterocycles. The van der Waals surface area contributed by atoms with E-state index in [4.69, 9.17) is 0 Å². The first-order valence-electron chi connectivity index (χ1n) is 9.99. The van der Waals surface area contributed by atoms with E-state index in [1.165, 1.54) is 0 Å². The molecule has 0 nitrogen and oxygen atoms in total. The van der Waals surface area contributed by atoms with Gasteiger partial charge in [0.1, 0.15) is 0 Å². The van der Waals surface area contributed by atoms with E-state index in [2.05, 4.69) is 115 Å². The van der Waals surface area contributed by atoms with Crippen LogP contribution in [0.1, 0.15) is 0 Å². The molecule has 0 bridgehead atoms. The SMILES string of the molecule is C[Si](C)(C)c1ccc[c-]1[Si](C)(C)C.C[Si](C)(C)c1ccc[c-]1[Si](C)(C)C.[V+2]. The number of rotatable bonds is 4. The first-order chi connectivity index (χ1) is 11.5. The fourth-order valence-corrected chi connectivity index (χ4v) is 13.9. The van der Waals surface area contributed by atoms with E-state index in [1.807, 2.05) is 0 Å². The van der Waals surface area contributed by atoms with Crippen molar-refractivity contribution in [3.63, 3.8) is 0 Å². The van der Waals surface area contributed by atoms with Crippen molar-refractivity contribution in [3.8, 4) is 0 Å². The minimum Gasteiger partial charge on any atom is -0.214 e. The van der Waals surface area contributed by atoms with E-state index in [9.17, 15) is 0 Å². The van der Waals surface area contributed by atoms with Gasteiger partial charge in [-0.3, -0.25) is 0 Å². The summed E-state index contributed by atoms with van der Waals surface area (Å²) >= 11 is 0. The summed E-state index contributed by atoms with van der Waals surface area (Å²) < 4.78 is 0. The number of hydrogen-bond acceptors (Lipinski definition) is 0. The minimum atomic E-state index is -1.10.